The molecule has 0 bridgehead atoms. The van der Waals surface area contributed by atoms with Crippen molar-refractivity contribution in [2.24, 2.45) is 0 Å². The van der Waals surface area contributed by atoms with E-state index in [4.69, 9.17) is 23.8 Å². The first kappa shape index (κ1) is 11.4. The van der Waals surface area contributed by atoms with E-state index in [-0.39, 0.29) is 0 Å². The van der Waals surface area contributed by atoms with Crippen LogP contribution in [0.1, 0.15) is 17.8 Å². The fraction of sp³-hybridized carbons (Fsp3) is 0.273. The fourth-order valence-corrected chi connectivity index (χ4v) is 1.82. The molecular weight excluding hydrogens is 242 g/mol. The van der Waals surface area contributed by atoms with Gasteiger partial charge >= 0.3 is 0 Å². The molecule has 0 radical (unpaired) electrons. The molecule has 3 nitrogen and oxygen atoms in total. The van der Waals surface area contributed by atoms with Crippen LogP contribution in [0.4, 0.5) is 0 Å². The van der Waals surface area contributed by atoms with Crippen LogP contribution in [0, 0.1) is 4.77 Å². The summed E-state index contributed by atoms with van der Waals surface area (Å²) in [6, 6.07) is 7.93. The van der Waals surface area contributed by atoms with Crippen LogP contribution in [-0.4, -0.2) is 15.2 Å². The lowest BCUT2D eigenvalue weighted by molar-refractivity contribution is 0.775. The monoisotopic (exact) mass is 253 g/mol. The van der Waals surface area contributed by atoms with E-state index < -0.39 is 0 Å². The van der Waals surface area contributed by atoms with Crippen molar-refractivity contribution in [3.63, 3.8) is 0 Å². The van der Waals surface area contributed by atoms with Crippen LogP contribution in [0.2, 0.25) is 5.02 Å². The van der Waals surface area contributed by atoms with Crippen molar-refractivity contribution in [1.82, 2.24) is 15.2 Å². The Morgan fingerprint density at radius 2 is 1.88 bits per heavy atom. The average Bonchev–Trinajstić information content (AvgIpc) is 2.67. The third-order valence-corrected chi connectivity index (χ3v) is 2.79. The molecule has 0 unspecified atom stereocenters. The number of aromatic amines is 2. The summed E-state index contributed by atoms with van der Waals surface area (Å²) in [5.74, 6) is 0.916. The second-order valence-electron chi connectivity index (χ2n) is 3.59. The van der Waals surface area contributed by atoms with Crippen molar-refractivity contribution in [2.45, 2.75) is 19.3 Å². The third-order valence-electron chi connectivity index (χ3n) is 2.34. The van der Waals surface area contributed by atoms with Crippen LogP contribution in [0.25, 0.3) is 0 Å². The first-order valence-electron chi connectivity index (χ1n) is 5.12. The fourth-order valence-electron chi connectivity index (χ4n) is 1.53. The van der Waals surface area contributed by atoms with E-state index in [1.54, 1.807) is 0 Å². The van der Waals surface area contributed by atoms with Gasteiger partial charge in [-0.15, -0.1) is 0 Å². The Bertz CT molecular complexity index is 500. The van der Waals surface area contributed by atoms with Crippen molar-refractivity contribution in [1.29, 1.82) is 0 Å². The summed E-state index contributed by atoms with van der Waals surface area (Å²) in [6.45, 7) is 0. The summed E-state index contributed by atoms with van der Waals surface area (Å²) in [6.07, 6.45) is 2.96. The molecule has 0 aliphatic heterocycles. The third kappa shape index (κ3) is 3.18. The number of aryl methyl sites for hydroxylation is 2. The minimum Gasteiger partial charge on any atom is -0.286 e. The molecule has 5 heteroatoms. The normalized spacial score (nSPS) is 10.6. The SMILES string of the molecule is S=c1nc(CCCc2ccc(Cl)cc2)[nH][nH]1. The maximum atomic E-state index is 5.81. The number of hydrogen-bond donors (Lipinski definition) is 2. The van der Waals surface area contributed by atoms with Crippen molar-refractivity contribution in [3.05, 3.63) is 45.4 Å². The molecule has 2 N–H and O–H groups in total. The van der Waals surface area contributed by atoms with Gasteiger partial charge in [-0.2, -0.15) is 0 Å². The average molecular weight is 254 g/mol. The number of benzene rings is 1. The molecule has 2 aromatic rings. The van der Waals surface area contributed by atoms with E-state index in [0.29, 0.717) is 4.77 Å². The molecular formula is C11H12ClN3S. The van der Waals surface area contributed by atoms with E-state index in [1.807, 2.05) is 12.1 Å². The summed E-state index contributed by atoms with van der Waals surface area (Å²) in [5, 5.41) is 6.50. The molecule has 0 amide bonds. The van der Waals surface area contributed by atoms with Gasteiger partial charge in [-0.25, -0.2) is 4.98 Å². The van der Waals surface area contributed by atoms with E-state index in [1.165, 1.54) is 5.56 Å². The Labute approximate surface area is 104 Å². The van der Waals surface area contributed by atoms with Gasteiger partial charge in [0.25, 0.3) is 0 Å². The van der Waals surface area contributed by atoms with Crippen molar-refractivity contribution < 1.29 is 0 Å². The minimum absolute atomic E-state index is 0.515. The van der Waals surface area contributed by atoms with Gasteiger partial charge in [0.1, 0.15) is 5.82 Å². The van der Waals surface area contributed by atoms with Crippen molar-refractivity contribution in [2.75, 3.05) is 0 Å². The minimum atomic E-state index is 0.515. The zero-order valence-electron chi connectivity index (χ0n) is 8.66. The van der Waals surface area contributed by atoms with E-state index in [9.17, 15) is 0 Å². The molecule has 0 saturated heterocycles. The number of H-pyrrole nitrogens is 2. The van der Waals surface area contributed by atoms with Crippen LogP contribution in [0.5, 0.6) is 0 Å². The maximum absolute atomic E-state index is 5.81. The summed E-state index contributed by atoms with van der Waals surface area (Å²) in [7, 11) is 0. The number of halogens is 1. The van der Waals surface area contributed by atoms with Gasteiger partial charge < -0.3 is 0 Å². The van der Waals surface area contributed by atoms with Crippen LogP contribution < -0.4 is 0 Å². The van der Waals surface area contributed by atoms with Gasteiger partial charge in [-0.3, -0.25) is 10.2 Å². The molecule has 0 spiro atoms. The molecule has 0 aliphatic carbocycles. The van der Waals surface area contributed by atoms with Crippen LogP contribution >= 0.6 is 23.8 Å². The number of rotatable bonds is 4. The van der Waals surface area contributed by atoms with Gasteiger partial charge in [0.2, 0.25) is 4.77 Å². The van der Waals surface area contributed by atoms with E-state index in [0.717, 1.165) is 30.1 Å². The summed E-state index contributed by atoms with van der Waals surface area (Å²) in [5.41, 5.74) is 1.29. The molecule has 0 aliphatic rings. The van der Waals surface area contributed by atoms with Gasteiger partial charge in [-0.1, -0.05) is 23.7 Å². The lowest BCUT2D eigenvalue weighted by atomic mass is 10.1. The Balaban J connectivity index is 1.84. The molecule has 16 heavy (non-hydrogen) atoms. The van der Waals surface area contributed by atoms with Crippen molar-refractivity contribution >= 4 is 23.8 Å². The zero-order valence-corrected chi connectivity index (χ0v) is 10.2. The highest BCUT2D eigenvalue weighted by Gasteiger charge is 1.98. The lowest BCUT2D eigenvalue weighted by Crippen LogP contribution is -1.92. The zero-order chi connectivity index (χ0) is 11.4. The predicted molar refractivity (Wildman–Crippen MR) is 67.2 cm³/mol. The maximum Gasteiger partial charge on any atom is 0.213 e. The standard InChI is InChI=1S/C11H12ClN3S/c12-9-6-4-8(5-7-9)2-1-3-10-13-11(16)15-14-10/h4-7H,1-3H2,(H2,13,14,15,16). The van der Waals surface area contributed by atoms with Crippen LogP contribution in [-0.2, 0) is 12.8 Å². The number of nitrogens with one attached hydrogen (secondary N) is 2. The first-order chi connectivity index (χ1) is 7.74. The molecule has 1 aromatic heterocycles. The summed E-state index contributed by atoms with van der Waals surface area (Å²) in [4.78, 5) is 4.14. The quantitative estimate of drug-likeness (QED) is 0.822. The largest absolute Gasteiger partial charge is 0.286 e. The van der Waals surface area contributed by atoms with Gasteiger partial charge in [0.05, 0.1) is 0 Å². The Morgan fingerprint density at radius 3 is 2.50 bits per heavy atom. The molecule has 1 aromatic carbocycles. The van der Waals surface area contributed by atoms with E-state index >= 15 is 0 Å². The summed E-state index contributed by atoms with van der Waals surface area (Å²) < 4.78 is 0.515. The van der Waals surface area contributed by atoms with Gasteiger partial charge in [0.15, 0.2) is 0 Å². The highest BCUT2D eigenvalue weighted by molar-refractivity contribution is 7.71. The topological polar surface area (TPSA) is 44.5 Å². The summed E-state index contributed by atoms with van der Waals surface area (Å²) >= 11 is 10.7. The number of hydrogen-bond acceptors (Lipinski definition) is 2. The second kappa shape index (κ2) is 5.27. The highest BCUT2D eigenvalue weighted by Crippen LogP contribution is 2.11. The van der Waals surface area contributed by atoms with Crippen LogP contribution in [0.3, 0.4) is 0 Å². The van der Waals surface area contributed by atoms with Crippen LogP contribution in [0.15, 0.2) is 24.3 Å². The molecule has 0 atom stereocenters. The lowest BCUT2D eigenvalue weighted by Gasteiger charge is -1.99. The Kier molecular flexibility index (Phi) is 3.74. The second-order valence-corrected chi connectivity index (χ2v) is 4.42. The number of aromatic nitrogens is 3. The Hall–Kier alpha value is -1.13. The molecule has 84 valence electrons. The molecule has 0 fully saturated rings. The first-order valence-corrected chi connectivity index (χ1v) is 5.91. The molecule has 1 heterocycles. The molecule has 0 saturated carbocycles. The highest BCUT2D eigenvalue weighted by atomic mass is 35.5. The van der Waals surface area contributed by atoms with Gasteiger partial charge in [0, 0.05) is 11.4 Å². The van der Waals surface area contributed by atoms with Gasteiger partial charge in [-0.05, 0) is 42.8 Å². The number of nitrogens with zero attached hydrogens (tertiary/aromatic N) is 1. The predicted octanol–water partition coefficient (Wildman–Crippen LogP) is 3.30. The van der Waals surface area contributed by atoms with E-state index in [2.05, 4.69) is 27.3 Å². The smallest absolute Gasteiger partial charge is 0.213 e. The van der Waals surface area contributed by atoms with Crippen molar-refractivity contribution in [3.8, 4) is 0 Å². The molecule has 2 rings (SSSR count). The Morgan fingerprint density at radius 1 is 1.12 bits per heavy atom.